The summed E-state index contributed by atoms with van der Waals surface area (Å²) in [6, 6.07) is 37.2. The molecule has 0 amide bonds. The fourth-order valence-electron chi connectivity index (χ4n) is 7.42. The van der Waals surface area contributed by atoms with Gasteiger partial charge in [0.15, 0.2) is 0 Å². The maximum atomic E-state index is 2.45. The van der Waals surface area contributed by atoms with Gasteiger partial charge in [-0.3, -0.25) is 0 Å². The van der Waals surface area contributed by atoms with E-state index in [1.54, 1.807) is 0 Å². The van der Waals surface area contributed by atoms with Crippen molar-refractivity contribution in [2.45, 2.75) is 63.2 Å². The third-order valence-electron chi connectivity index (χ3n) is 8.67. The summed E-state index contributed by atoms with van der Waals surface area (Å²) in [5.41, 5.74) is 11.7. The molecule has 0 saturated heterocycles. The average molecular weight is 443 g/mol. The highest BCUT2D eigenvalue weighted by atomic mass is 14.6. The second-order valence-electron chi connectivity index (χ2n) is 10.2. The molecular formula is C34H34. The molecule has 0 nitrogen and oxygen atoms in total. The molecule has 170 valence electrons. The van der Waals surface area contributed by atoms with Crippen LogP contribution in [0.1, 0.15) is 74.6 Å². The molecule has 0 aromatic heterocycles. The third-order valence-corrected chi connectivity index (χ3v) is 8.67. The standard InChI is InChI=1S/C34H34/c1-3-5-23-33(29-19-11-7-15-25(29)26-16-8-12-20-30(26)33)34(24-6-4-2)31-21-13-9-17-27(31)28-18-10-14-22-32(28)34/h7-22H,3-6,23-24H2,1-2H3. The molecule has 0 heterocycles. The van der Waals surface area contributed by atoms with Gasteiger partial charge in [-0.05, 0) is 57.3 Å². The topological polar surface area (TPSA) is 0 Å². The van der Waals surface area contributed by atoms with Gasteiger partial charge in [0.2, 0.25) is 0 Å². The van der Waals surface area contributed by atoms with E-state index in [-0.39, 0.29) is 10.8 Å². The van der Waals surface area contributed by atoms with E-state index in [2.05, 4.69) is 111 Å². The van der Waals surface area contributed by atoms with Crippen molar-refractivity contribution < 1.29 is 0 Å². The lowest BCUT2D eigenvalue weighted by Crippen LogP contribution is -2.49. The summed E-state index contributed by atoms with van der Waals surface area (Å²) in [6.45, 7) is 4.69. The van der Waals surface area contributed by atoms with E-state index >= 15 is 0 Å². The minimum absolute atomic E-state index is 0.0753. The SMILES string of the molecule is CCCCC1(C2(CCCC)c3ccccc3-c3ccccc32)c2ccccc2-c2ccccc21. The van der Waals surface area contributed by atoms with Crippen molar-refractivity contribution in [3.8, 4) is 22.3 Å². The first kappa shape index (κ1) is 21.4. The summed E-state index contributed by atoms with van der Waals surface area (Å²) < 4.78 is 0. The van der Waals surface area contributed by atoms with Crippen molar-refractivity contribution in [2.24, 2.45) is 0 Å². The van der Waals surface area contributed by atoms with Gasteiger partial charge in [0.25, 0.3) is 0 Å². The van der Waals surface area contributed by atoms with Crippen LogP contribution in [-0.2, 0) is 10.8 Å². The Bertz CT molecular complexity index is 1150. The fraction of sp³-hybridized carbons (Fsp3) is 0.294. The molecule has 0 bridgehead atoms. The minimum Gasteiger partial charge on any atom is -0.0654 e. The van der Waals surface area contributed by atoms with Crippen molar-refractivity contribution in [3.05, 3.63) is 119 Å². The molecule has 0 spiro atoms. The van der Waals surface area contributed by atoms with Crippen LogP contribution in [0.2, 0.25) is 0 Å². The number of hydrogen-bond acceptors (Lipinski definition) is 0. The van der Waals surface area contributed by atoms with Gasteiger partial charge in [-0.1, -0.05) is 137 Å². The number of hydrogen-bond donors (Lipinski definition) is 0. The third kappa shape index (κ3) is 2.66. The first-order valence-corrected chi connectivity index (χ1v) is 13.2. The van der Waals surface area contributed by atoms with Gasteiger partial charge < -0.3 is 0 Å². The van der Waals surface area contributed by atoms with E-state index < -0.39 is 0 Å². The van der Waals surface area contributed by atoms with Gasteiger partial charge >= 0.3 is 0 Å². The molecule has 0 unspecified atom stereocenters. The minimum atomic E-state index is -0.0753. The molecule has 0 saturated carbocycles. The van der Waals surface area contributed by atoms with Crippen molar-refractivity contribution in [1.82, 2.24) is 0 Å². The molecule has 0 N–H and O–H groups in total. The van der Waals surface area contributed by atoms with Crippen molar-refractivity contribution in [3.63, 3.8) is 0 Å². The average Bonchev–Trinajstić information content (AvgIpc) is 3.36. The summed E-state index contributed by atoms with van der Waals surface area (Å²) in [5, 5.41) is 0. The highest BCUT2D eigenvalue weighted by Crippen LogP contribution is 2.68. The molecule has 2 aliphatic carbocycles. The lowest BCUT2D eigenvalue weighted by Gasteiger charge is -2.50. The maximum absolute atomic E-state index is 2.45. The first-order chi connectivity index (χ1) is 16.8. The Morgan fingerprint density at radius 3 is 0.941 bits per heavy atom. The van der Waals surface area contributed by atoms with E-state index in [9.17, 15) is 0 Å². The predicted octanol–water partition coefficient (Wildman–Crippen LogP) is 9.30. The van der Waals surface area contributed by atoms with Gasteiger partial charge in [-0.25, -0.2) is 0 Å². The summed E-state index contributed by atoms with van der Waals surface area (Å²) in [4.78, 5) is 0. The molecule has 0 atom stereocenters. The Kier molecular flexibility index (Phi) is 5.21. The summed E-state index contributed by atoms with van der Waals surface area (Å²) in [6.07, 6.45) is 7.20. The van der Waals surface area contributed by atoms with Gasteiger partial charge in [-0.2, -0.15) is 0 Å². The number of unbranched alkanes of at least 4 members (excludes halogenated alkanes) is 2. The Labute approximate surface area is 204 Å². The predicted molar refractivity (Wildman–Crippen MR) is 144 cm³/mol. The Morgan fingerprint density at radius 1 is 0.412 bits per heavy atom. The first-order valence-electron chi connectivity index (χ1n) is 13.2. The highest BCUT2D eigenvalue weighted by Gasteiger charge is 2.61. The zero-order valence-corrected chi connectivity index (χ0v) is 20.5. The quantitative estimate of drug-likeness (QED) is 0.267. The summed E-state index contributed by atoms with van der Waals surface area (Å²) >= 11 is 0. The van der Waals surface area contributed by atoms with Crippen LogP contribution in [0.25, 0.3) is 22.3 Å². The van der Waals surface area contributed by atoms with E-state index in [0.29, 0.717) is 0 Å². The number of fused-ring (bicyclic) bond motifs is 6. The van der Waals surface area contributed by atoms with Crippen molar-refractivity contribution in [1.29, 1.82) is 0 Å². The van der Waals surface area contributed by atoms with Crippen LogP contribution >= 0.6 is 0 Å². The van der Waals surface area contributed by atoms with Crippen molar-refractivity contribution in [2.75, 3.05) is 0 Å². The maximum Gasteiger partial charge on any atom is 0.0352 e. The number of benzene rings is 4. The van der Waals surface area contributed by atoms with Gasteiger partial charge in [0, 0.05) is 10.8 Å². The lowest BCUT2D eigenvalue weighted by molar-refractivity contribution is 0.268. The van der Waals surface area contributed by atoms with E-state index in [0.717, 1.165) is 0 Å². The Hall–Kier alpha value is -3.12. The van der Waals surface area contributed by atoms with Crippen LogP contribution in [0.3, 0.4) is 0 Å². The molecule has 34 heavy (non-hydrogen) atoms. The van der Waals surface area contributed by atoms with Crippen LogP contribution in [0.15, 0.2) is 97.1 Å². The molecule has 0 aliphatic heterocycles. The monoisotopic (exact) mass is 442 g/mol. The number of rotatable bonds is 7. The van der Waals surface area contributed by atoms with Crippen LogP contribution < -0.4 is 0 Å². The van der Waals surface area contributed by atoms with Crippen LogP contribution in [0, 0.1) is 0 Å². The van der Waals surface area contributed by atoms with Gasteiger partial charge in [-0.15, -0.1) is 0 Å². The molecule has 4 aromatic rings. The van der Waals surface area contributed by atoms with Crippen LogP contribution in [0.4, 0.5) is 0 Å². The second kappa shape index (κ2) is 8.27. The Balaban J connectivity index is 1.79. The zero-order chi connectivity index (χ0) is 23.2. The molecular weight excluding hydrogens is 408 g/mol. The lowest BCUT2D eigenvalue weighted by atomic mass is 9.51. The normalized spacial score (nSPS) is 15.9. The Morgan fingerprint density at radius 2 is 0.676 bits per heavy atom. The zero-order valence-electron chi connectivity index (χ0n) is 20.5. The van der Waals surface area contributed by atoms with Gasteiger partial charge in [0.1, 0.15) is 0 Å². The van der Waals surface area contributed by atoms with E-state index in [4.69, 9.17) is 0 Å². The summed E-state index contributed by atoms with van der Waals surface area (Å²) in [7, 11) is 0. The largest absolute Gasteiger partial charge is 0.0654 e. The second-order valence-corrected chi connectivity index (χ2v) is 10.2. The van der Waals surface area contributed by atoms with E-state index in [1.807, 2.05) is 0 Å². The smallest absolute Gasteiger partial charge is 0.0352 e. The summed E-state index contributed by atoms with van der Waals surface area (Å²) in [5.74, 6) is 0. The molecule has 2 aliphatic rings. The van der Waals surface area contributed by atoms with Gasteiger partial charge in [0.05, 0.1) is 0 Å². The highest BCUT2D eigenvalue weighted by molar-refractivity contribution is 5.88. The fourth-order valence-corrected chi connectivity index (χ4v) is 7.42. The molecule has 6 rings (SSSR count). The van der Waals surface area contributed by atoms with E-state index in [1.165, 1.54) is 83.0 Å². The van der Waals surface area contributed by atoms with Crippen molar-refractivity contribution >= 4 is 0 Å². The molecule has 0 radical (unpaired) electrons. The molecule has 4 aromatic carbocycles. The molecule has 0 heteroatoms. The van der Waals surface area contributed by atoms with Crippen LogP contribution in [0.5, 0.6) is 0 Å². The molecule has 0 fully saturated rings. The van der Waals surface area contributed by atoms with Crippen LogP contribution in [-0.4, -0.2) is 0 Å².